The molecule has 2 aliphatic rings. The number of nitrogens with one attached hydrogen (secondary N) is 1. The quantitative estimate of drug-likeness (QED) is 0.806. The van der Waals surface area contributed by atoms with Gasteiger partial charge in [0.15, 0.2) is 0 Å². The minimum Gasteiger partial charge on any atom is -0.361 e. The Balaban J connectivity index is 1.85. The highest BCUT2D eigenvalue weighted by molar-refractivity contribution is 7.89. The number of rotatable bonds is 6. The van der Waals surface area contributed by atoms with Gasteiger partial charge in [-0.2, -0.15) is 0 Å². The van der Waals surface area contributed by atoms with Gasteiger partial charge in [0.05, 0.1) is 11.4 Å². The van der Waals surface area contributed by atoms with Crippen LogP contribution in [0.4, 0.5) is 5.69 Å². The van der Waals surface area contributed by atoms with E-state index in [9.17, 15) is 13.2 Å². The Morgan fingerprint density at radius 2 is 1.93 bits per heavy atom. The van der Waals surface area contributed by atoms with Gasteiger partial charge in [-0.25, -0.2) is 13.1 Å². The summed E-state index contributed by atoms with van der Waals surface area (Å²) in [6.07, 6.45) is 2.90. The number of benzene rings is 1. The molecule has 150 valence electrons. The molecule has 0 aromatic heterocycles. The zero-order valence-electron chi connectivity index (χ0n) is 16.8. The highest BCUT2D eigenvalue weighted by Gasteiger charge is 2.37. The lowest BCUT2D eigenvalue weighted by atomic mass is 9.87. The maximum Gasteiger partial charge on any atom is 0.242 e. The summed E-state index contributed by atoms with van der Waals surface area (Å²) in [5.41, 5.74) is 1.75. The molecule has 7 heteroatoms. The second-order valence-electron chi connectivity index (χ2n) is 8.44. The monoisotopic (exact) mass is 393 g/mol. The van der Waals surface area contributed by atoms with Crippen LogP contribution in [0.1, 0.15) is 52.5 Å². The van der Waals surface area contributed by atoms with Crippen molar-refractivity contribution in [2.45, 2.75) is 63.3 Å². The largest absolute Gasteiger partial charge is 0.361 e. The highest BCUT2D eigenvalue weighted by atomic mass is 32.2. The summed E-state index contributed by atoms with van der Waals surface area (Å²) in [6.45, 7) is 10.8. The molecule has 0 spiro atoms. The van der Waals surface area contributed by atoms with E-state index in [0.717, 1.165) is 43.6 Å². The number of nitrogens with zero attached hydrogens (tertiary/aromatic N) is 2. The lowest BCUT2D eigenvalue weighted by Crippen LogP contribution is -2.40. The van der Waals surface area contributed by atoms with Crippen LogP contribution in [0, 0.1) is 0 Å². The molecule has 2 heterocycles. The van der Waals surface area contributed by atoms with Crippen LogP contribution in [0.25, 0.3) is 0 Å². The number of carbonyl (C=O) groups excluding carboxylic acids is 1. The number of anilines is 1. The van der Waals surface area contributed by atoms with Crippen molar-refractivity contribution >= 4 is 21.6 Å². The van der Waals surface area contributed by atoms with Crippen molar-refractivity contribution in [3.8, 4) is 0 Å². The van der Waals surface area contributed by atoms with Crippen molar-refractivity contribution in [2.75, 3.05) is 31.1 Å². The van der Waals surface area contributed by atoms with E-state index < -0.39 is 10.0 Å². The summed E-state index contributed by atoms with van der Waals surface area (Å²) in [7, 11) is -3.54. The van der Waals surface area contributed by atoms with Gasteiger partial charge in [-0.3, -0.25) is 4.79 Å². The third-order valence-corrected chi connectivity index (χ3v) is 7.28. The average molecular weight is 394 g/mol. The second kappa shape index (κ2) is 7.43. The van der Waals surface area contributed by atoms with Crippen molar-refractivity contribution < 1.29 is 13.2 Å². The Hall–Kier alpha value is -1.60. The Bertz CT molecular complexity index is 814. The van der Waals surface area contributed by atoms with Gasteiger partial charge in [0.1, 0.15) is 0 Å². The van der Waals surface area contributed by atoms with Crippen LogP contribution < -0.4 is 9.62 Å². The van der Waals surface area contributed by atoms with Gasteiger partial charge < -0.3 is 9.80 Å². The molecule has 0 radical (unpaired) electrons. The molecule has 3 rings (SSSR count). The Kier molecular flexibility index (Phi) is 5.54. The minimum atomic E-state index is -3.54. The molecule has 0 aliphatic carbocycles. The van der Waals surface area contributed by atoms with Crippen LogP contribution in [0.3, 0.4) is 0 Å². The molecule has 1 atom stereocenters. The number of amides is 1. The predicted molar refractivity (Wildman–Crippen MR) is 108 cm³/mol. The number of fused-ring (bicyclic) bond motifs is 1. The maximum atomic E-state index is 12.7. The lowest BCUT2D eigenvalue weighted by molar-refractivity contribution is -0.128. The zero-order chi connectivity index (χ0) is 19.8. The van der Waals surface area contributed by atoms with Crippen LogP contribution in [0.2, 0.25) is 0 Å². The topological polar surface area (TPSA) is 69.7 Å². The molecule has 0 saturated carbocycles. The Morgan fingerprint density at radius 1 is 1.26 bits per heavy atom. The fraction of sp³-hybridized carbons (Fsp3) is 0.650. The number of hydrogen-bond acceptors (Lipinski definition) is 4. The highest BCUT2D eigenvalue weighted by Crippen LogP contribution is 2.41. The third kappa shape index (κ3) is 4.14. The molecule has 1 saturated heterocycles. The molecule has 1 aromatic rings. The first-order valence-electron chi connectivity index (χ1n) is 9.83. The normalized spacial score (nSPS) is 20.0. The first kappa shape index (κ1) is 20.1. The number of sulfonamides is 1. The standard InChI is InChI=1S/C20H31N3O3S/c1-5-15(2)21-27(25,26)16-8-9-18-17(12-16)20(3,4)14-23(18)13-19(24)22-10-6-7-11-22/h8-9,12,15,21H,5-7,10-11,13-14H2,1-4H3/t15-/m1/s1. The molecule has 1 fully saturated rings. The smallest absolute Gasteiger partial charge is 0.242 e. The van der Waals surface area contributed by atoms with E-state index in [-0.39, 0.29) is 17.4 Å². The van der Waals surface area contributed by atoms with Crippen LogP contribution in [0.5, 0.6) is 0 Å². The SMILES string of the molecule is CC[C@@H](C)NS(=O)(=O)c1ccc2c(c1)C(C)(C)CN2CC(=O)N1CCCC1. The first-order chi connectivity index (χ1) is 12.6. The van der Waals surface area contributed by atoms with Crippen molar-refractivity contribution in [1.29, 1.82) is 0 Å². The molecular formula is C20H31N3O3S. The van der Waals surface area contributed by atoms with E-state index in [1.807, 2.05) is 24.8 Å². The summed E-state index contributed by atoms with van der Waals surface area (Å²) in [5.74, 6) is 0.159. The van der Waals surface area contributed by atoms with E-state index in [1.54, 1.807) is 12.1 Å². The maximum absolute atomic E-state index is 12.7. The van der Waals surface area contributed by atoms with E-state index >= 15 is 0 Å². The summed E-state index contributed by atoms with van der Waals surface area (Å²) >= 11 is 0. The van der Waals surface area contributed by atoms with Crippen LogP contribution in [0.15, 0.2) is 23.1 Å². The van der Waals surface area contributed by atoms with E-state index in [4.69, 9.17) is 0 Å². The third-order valence-electron chi connectivity index (χ3n) is 5.69. The minimum absolute atomic E-state index is 0.106. The molecule has 0 bridgehead atoms. The summed E-state index contributed by atoms with van der Waals surface area (Å²) in [5, 5.41) is 0. The average Bonchev–Trinajstić information content (AvgIpc) is 3.21. The molecule has 1 amide bonds. The van der Waals surface area contributed by atoms with Crippen LogP contribution >= 0.6 is 0 Å². The van der Waals surface area contributed by atoms with E-state index in [2.05, 4.69) is 23.5 Å². The van der Waals surface area contributed by atoms with Gasteiger partial charge in [-0.05, 0) is 49.9 Å². The summed E-state index contributed by atoms with van der Waals surface area (Å²) < 4.78 is 28.0. The van der Waals surface area contributed by atoms with Crippen molar-refractivity contribution in [3.05, 3.63) is 23.8 Å². The molecule has 1 aromatic carbocycles. The predicted octanol–water partition coefficient (Wildman–Crippen LogP) is 2.48. The number of likely N-dealkylation sites (tertiary alicyclic amines) is 1. The number of carbonyl (C=O) groups is 1. The van der Waals surface area contributed by atoms with Crippen LogP contribution in [-0.4, -0.2) is 51.4 Å². The molecule has 6 nitrogen and oxygen atoms in total. The molecule has 1 N–H and O–H groups in total. The van der Waals surface area contributed by atoms with Gasteiger partial charge in [0.2, 0.25) is 15.9 Å². The Morgan fingerprint density at radius 3 is 2.56 bits per heavy atom. The van der Waals surface area contributed by atoms with E-state index in [0.29, 0.717) is 18.0 Å². The van der Waals surface area contributed by atoms with Crippen molar-refractivity contribution in [3.63, 3.8) is 0 Å². The van der Waals surface area contributed by atoms with Crippen LogP contribution in [-0.2, 0) is 20.2 Å². The van der Waals surface area contributed by atoms with E-state index in [1.165, 1.54) is 0 Å². The molecular weight excluding hydrogens is 362 g/mol. The lowest BCUT2D eigenvalue weighted by Gasteiger charge is -2.24. The second-order valence-corrected chi connectivity index (χ2v) is 10.2. The summed E-state index contributed by atoms with van der Waals surface area (Å²) in [6, 6.07) is 5.18. The molecule has 2 aliphatic heterocycles. The van der Waals surface area contributed by atoms with Gasteiger partial charge in [0, 0.05) is 36.8 Å². The molecule has 27 heavy (non-hydrogen) atoms. The fourth-order valence-electron chi connectivity index (χ4n) is 3.93. The molecule has 0 unspecified atom stereocenters. The first-order valence-corrected chi connectivity index (χ1v) is 11.3. The van der Waals surface area contributed by atoms with Gasteiger partial charge in [0.25, 0.3) is 0 Å². The summed E-state index contributed by atoms with van der Waals surface area (Å²) in [4.78, 5) is 16.9. The van der Waals surface area contributed by atoms with Gasteiger partial charge in [-0.15, -0.1) is 0 Å². The zero-order valence-corrected chi connectivity index (χ0v) is 17.6. The van der Waals surface area contributed by atoms with Crippen molar-refractivity contribution in [2.24, 2.45) is 0 Å². The number of hydrogen-bond donors (Lipinski definition) is 1. The van der Waals surface area contributed by atoms with Gasteiger partial charge in [-0.1, -0.05) is 20.8 Å². The Labute approximate surface area is 163 Å². The van der Waals surface area contributed by atoms with Crippen molar-refractivity contribution in [1.82, 2.24) is 9.62 Å². The fourth-order valence-corrected chi connectivity index (χ4v) is 5.29. The van der Waals surface area contributed by atoms with Gasteiger partial charge >= 0.3 is 0 Å².